The van der Waals surface area contributed by atoms with Gasteiger partial charge in [0.25, 0.3) is 5.91 Å². The largest absolute Gasteiger partial charge is 0.452 e. The van der Waals surface area contributed by atoms with Crippen LogP contribution in [0.2, 0.25) is 0 Å². The molecule has 124 valence electrons. The summed E-state index contributed by atoms with van der Waals surface area (Å²) in [5.74, 6) is 0.263. The zero-order valence-electron chi connectivity index (χ0n) is 13.9. The van der Waals surface area contributed by atoms with Crippen molar-refractivity contribution in [2.24, 2.45) is 0 Å². The van der Waals surface area contributed by atoms with Gasteiger partial charge in [-0.3, -0.25) is 4.79 Å². The molecule has 23 heavy (non-hydrogen) atoms. The molecule has 1 aromatic carbocycles. The van der Waals surface area contributed by atoms with Crippen molar-refractivity contribution in [2.45, 2.75) is 38.7 Å². The Labute approximate surface area is 149 Å². The van der Waals surface area contributed by atoms with Crippen LogP contribution in [0, 0.1) is 6.92 Å². The molecule has 1 amide bonds. The Morgan fingerprint density at radius 3 is 2.70 bits per heavy atom. The minimum Gasteiger partial charge on any atom is -0.452 e. The lowest BCUT2D eigenvalue weighted by Gasteiger charge is -2.24. The lowest BCUT2D eigenvalue weighted by molar-refractivity contribution is -0.126. The zero-order valence-corrected chi connectivity index (χ0v) is 16.3. The summed E-state index contributed by atoms with van der Waals surface area (Å²) in [6, 6.07) is 7.96. The van der Waals surface area contributed by atoms with Crippen molar-refractivity contribution < 1.29 is 9.53 Å². The average Bonchev–Trinajstić information content (AvgIpc) is 2.43. The number of fused-ring (bicyclic) bond motifs is 1. The minimum atomic E-state index is -0.653. The molecule has 1 heterocycles. The zero-order chi connectivity index (χ0) is 17.2. The van der Waals surface area contributed by atoms with Crippen molar-refractivity contribution >= 4 is 44.5 Å². The first-order valence-corrected chi connectivity index (χ1v) is 9.37. The van der Waals surface area contributed by atoms with Crippen LogP contribution < -0.4 is 10.1 Å². The van der Waals surface area contributed by atoms with E-state index in [0.717, 1.165) is 20.9 Å². The number of para-hydroxylation sites is 1. The van der Waals surface area contributed by atoms with Gasteiger partial charge in [-0.05, 0) is 61.5 Å². The molecule has 0 aliphatic carbocycles. The Bertz CT molecular complexity index is 728. The second kappa shape index (κ2) is 7.09. The van der Waals surface area contributed by atoms with E-state index in [2.05, 4.69) is 26.2 Å². The summed E-state index contributed by atoms with van der Waals surface area (Å²) < 4.78 is 6.59. The summed E-state index contributed by atoms with van der Waals surface area (Å²) in [7, 11) is 0. The number of thioether (sulfide) groups is 1. The second-order valence-corrected chi connectivity index (χ2v) is 8.10. The maximum atomic E-state index is 12.3. The molecule has 0 saturated carbocycles. The molecular formula is C17H21BrN2O2S. The molecule has 0 aliphatic heterocycles. The quantitative estimate of drug-likeness (QED) is 0.783. The fourth-order valence-electron chi connectivity index (χ4n) is 2.13. The van der Waals surface area contributed by atoms with Gasteiger partial charge in [0.15, 0.2) is 0 Å². The third-order valence-corrected chi connectivity index (χ3v) is 4.42. The van der Waals surface area contributed by atoms with E-state index in [4.69, 9.17) is 4.74 Å². The van der Waals surface area contributed by atoms with E-state index in [1.165, 1.54) is 11.8 Å². The maximum Gasteiger partial charge on any atom is 0.272 e. The van der Waals surface area contributed by atoms with Crippen molar-refractivity contribution in [2.75, 3.05) is 6.26 Å². The van der Waals surface area contributed by atoms with Crippen LogP contribution in [-0.4, -0.2) is 28.1 Å². The number of carbonyl (C=O) groups excluding carboxylic acids is 1. The number of halogens is 1. The highest BCUT2D eigenvalue weighted by atomic mass is 79.9. The summed E-state index contributed by atoms with van der Waals surface area (Å²) >= 11 is 4.82. The molecule has 1 N–H and O–H groups in total. The van der Waals surface area contributed by atoms with Crippen molar-refractivity contribution in [3.05, 3.63) is 34.3 Å². The predicted octanol–water partition coefficient (Wildman–Crippen LogP) is 4.29. The SMILES string of the molecule is CSC(Oc1nc2c(C)cccc2cc1Br)C(=O)NC(C)(C)C. The molecule has 1 atom stereocenters. The van der Waals surface area contributed by atoms with Crippen LogP contribution in [0.5, 0.6) is 5.88 Å². The van der Waals surface area contributed by atoms with Crippen molar-refractivity contribution in [3.63, 3.8) is 0 Å². The van der Waals surface area contributed by atoms with E-state index in [1.54, 1.807) is 0 Å². The van der Waals surface area contributed by atoms with Crippen LogP contribution in [0.3, 0.4) is 0 Å². The van der Waals surface area contributed by atoms with Gasteiger partial charge >= 0.3 is 0 Å². The molecule has 0 radical (unpaired) electrons. The Morgan fingerprint density at radius 2 is 2.09 bits per heavy atom. The first kappa shape index (κ1) is 18.1. The molecule has 0 aliphatic rings. The lowest BCUT2D eigenvalue weighted by atomic mass is 10.1. The van der Waals surface area contributed by atoms with E-state index in [-0.39, 0.29) is 11.4 Å². The number of aromatic nitrogens is 1. The molecule has 1 unspecified atom stereocenters. The predicted molar refractivity (Wildman–Crippen MR) is 100 cm³/mol. The summed E-state index contributed by atoms with van der Waals surface area (Å²) in [5, 5.41) is 3.96. The van der Waals surface area contributed by atoms with Gasteiger partial charge in [-0.2, -0.15) is 0 Å². The number of benzene rings is 1. The molecular weight excluding hydrogens is 376 g/mol. The number of hydrogen-bond donors (Lipinski definition) is 1. The fraction of sp³-hybridized carbons (Fsp3) is 0.412. The fourth-order valence-corrected chi connectivity index (χ4v) is 3.01. The molecule has 1 aromatic heterocycles. The molecule has 2 rings (SSSR count). The standard InChI is InChI=1S/C17H21BrN2O2S/c1-10-7-6-8-11-9-12(18)15(19-13(10)11)22-16(23-5)14(21)20-17(2,3)4/h6-9,16H,1-5H3,(H,20,21). The molecule has 4 nitrogen and oxygen atoms in total. The molecule has 6 heteroatoms. The van der Waals surface area contributed by atoms with E-state index in [1.807, 2.05) is 58.2 Å². The third-order valence-electron chi connectivity index (χ3n) is 3.11. The topological polar surface area (TPSA) is 51.2 Å². The van der Waals surface area contributed by atoms with Crippen LogP contribution in [0.15, 0.2) is 28.7 Å². The second-order valence-electron chi connectivity index (χ2n) is 6.35. The number of rotatable bonds is 4. The lowest BCUT2D eigenvalue weighted by Crippen LogP contribution is -2.46. The van der Waals surface area contributed by atoms with Gasteiger partial charge in [0.05, 0.1) is 9.99 Å². The number of pyridine rings is 1. The highest BCUT2D eigenvalue weighted by Crippen LogP contribution is 2.30. The summed E-state index contributed by atoms with van der Waals surface area (Å²) in [6.45, 7) is 7.83. The summed E-state index contributed by atoms with van der Waals surface area (Å²) in [6.07, 6.45) is 1.84. The van der Waals surface area contributed by atoms with Gasteiger partial charge in [0.2, 0.25) is 11.3 Å². The monoisotopic (exact) mass is 396 g/mol. The Balaban J connectivity index is 2.30. The molecule has 2 aromatic rings. The number of nitrogens with zero attached hydrogens (tertiary/aromatic N) is 1. The first-order chi connectivity index (χ1) is 10.7. The minimum absolute atomic E-state index is 0.163. The average molecular weight is 397 g/mol. The van der Waals surface area contributed by atoms with Gasteiger partial charge in [-0.1, -0.05) is 18.2 Å². The van der Waals surface area contributed by atoms with Crippen LogP contribution in [-0.2, 0) is 4.79 Å². The van der Waals surface area contributed by atoms with Crippen LogP contribution in [0.1, 0.15) is 26.3 Å². The number of nitrogens with one attached hydrogen (secondary N) is 1. The first-order valence-electron chi connectivity index (χ1n) is 7.28. The van der Waals surface area contributed by atoms with Gasteiger partial charge in [0, 0.05) is 10.9 Å². The highest BCUT2D eigenvalue weighted by molar-refractivity contribution is 9.10. The smallest absolute Gasteiger partial charge is 0.272 e. The van der Waals surface area contributed by atoms with Crippen molar-refractivity contribution in [1.82, 2.24) is 10.3 Å². The van der Waals surface area contributed by atoms with Gasteiger partial charge in [-0.25, -0.2) is 4.98 Å². The summed E-state index contributed by atoms with van der Waals surface area (Å²) in [4.78, 5) is 16.9. The Kier molecular flexibility index (Phi) is 5.57. The molecule has 0 bridgehead atoms. The van der Waals surface area contributed by atoms with Crippen molar-refractivity contribution in [3.8, 4) is 5.88 Å². The van der Waals surface area contributed by atoms with Gasteiger partial charge in [0.1, 0.15) is 0 Å². The van der Waals surface area contributed by atoms with Crippen molar-refractivity contribution in [1.29, 1.82) is 0 Å². The maximum absolute atomic E-state index is 12.3. The van der Waals surface area contributed by atoms with Gasteiger partial charge < -0.3 is 10.1 Å². The number of amides is 1. The number of aryl methyl sites for hydroxylation is 1. The third kappa shape index (κ3) is 4.61. The normalized spacial score (nSPS) is 13.0. The Hall–Kier alpha value is -1.27. The Morgan fingerprint density at radius 1 is 1.39 bits per heavy atom. The van der Waals surface area contributed by atoms with Crippen LogP contribution in [0.25, 0.3) is 10.9 Å². The van der Waals surface area contributed by atoms with Gasteiger partial charge in [-0.15, -0.1) is 11.8 Å². The summed E-state index contributed by atoms with van der Waals surface area (Å²) in [5.41, 5.74) is 0.986. The number of ether oxygens (including phenoxy) is 1. The molecule has 0 saturated heterocycles. The molecule has 0 spiro atoms. The van der Waals surface area contributed by atoms with E-state index in [9.17, 15) is 4.79 Å². The molecule has 0 fully saturated rings. The van der Waals surface area contributed by atoms with E-state index < -0.39 is 5.44 Å². The van der Waals surface area contributed by atoms with Crippen LogP contribution >= 0.6 is 27.7 Å². The van der Waals surface area contributed by atoms with E-state index in [0.29, 0.717) is 5.88 Å². The van der Waals surface area contributed by atoms with Crippen LogP contribution in [0.4, 0.5) is 0 Å². The highest BCUT2D eigenvalue weighted by Gasteiger charge is 2.25. The number of hydrogen-bond acceptors (Lipinski definition) is 4. The number of carbonyl (C=O) groups is 1. The van der Waals surface area contributed by atoms with E-state index >= 15 is 0 Å².